The third-order valence-corrected chi connectivity index (χ3v) is 9.96. The molecule has 228 valence electrons. The van der Waals surface area contributed by atoms with Gasteiger partial charge in [-0.1, -0.05) is 32.8 Å². The number of piperidine rings is 1. The maximum Gasteiger partial charge on any atom is 0.416 e. The Labute approximate surface area is 250 Å². The predicted molar refractivity (Wildman–Crippen MR) is 156 cm³/mol. The summed E-state index contributed by atoms with van der Waals surface area (Å²) in [6, 6.07) is 7.08. The molecule has 4 aliphatic rings. The van der Waals surface area contributed by atoms with Crippen LogP contribution in [0.3, 0.4) is 0 Å². The monoisotopic (exact) mass is 593 g/mol. The largest absolute Gasteiger partial charge is 0.491 e. The number of carbonyl (C=O) groups is 1. The highest BCUT2D eigenvalue weighted by molar-refractivity contribution is 6.11. The third kappa shape index (κ3) is 4.82. The van der Waals surface area contributed by atoms with Crippen molar-refractivity contribution in [1.82, 2.24) is 19.7 Å². The maximum absolute atomic E-state index is 14.5. The minimum Gasteiger partial charge on any atom is -0.491 e. The van der Waals surface area contributed by atoms with Crippen LogP contribution in [-0.4, -0.2) is 45.3 Å². The third-order valence-electron chi connectivity index (χ3n) is 9.96. The second-order valence-corrected chi connectivity index (χ2v) is 13.3. The Morgan fingerprint density at radius 1 is 1.07 bits per heavy atom. The number of hydrogen-bond donors (Lipinski definition) is 0. The number of nitrogens with zero attached hydrogens (tertiary/aromatic N) is 5. The second-order valence-electron chi connectivity index (χ2n) is 13.3. The zero-order valence-corrected chi connectivity index (χ0v) is 25.0. The molecule has 1 amide bonds. The molecule has 3 aromatic rings. The molecule has 0 N–H and O–H groups in total. The van der Waals surface area contributed by atoms with Crippen molar-refractivity contribution >= 4 is 11.6 Å². The van der Waals surface area contributed by atoms with Crippen LogP contribution in [0.2, 0.25) is 0 Å². The number of alkyl halides is 3. The Kier molecular flexibility index (Phi) is 6.83. The fourth-order valence-corrected chi connectivity index (χ4v) is 8.29. The van der Waals surface area contributed by atoms with E-state index >= 15 is 0 Å². The van der Waals surface area contributed by atoms with Crippen LogP contribution in [0.5, 0.6) is 5.75 Å². The fourth-order valence-electron chi connectivity index (χ4n) is 8.29. The van der Waals surface area contributed by atoms with Crippen LogP contribution in [0, 0.1) is 11.8 Å². The van der Waals surface area contributed by atoms with Crippen LogP contribution < -0.4 is 9.64 Å². The maximum atomic E-state index is 14.5. The molecule has 2 fully saturated rings. The number of likely N-dealkylation sites (tertiary alicyclic amines) is 1. The molecule has 0 unspecified atom stereocenters. The second kappa shape index (κ2) is 10.4. The van der Waals surface area contributed by atoms with E-state index in [1.165, 1.54) is 11.0 Å². The summed E-state index contributed by atoms with van der Waals surface area (Å²) < 4.78 is 51.6. The van der Waals surface area contributed by atoms with E-state index < -0.39 is 17.6 Å². The molecule has 3 aliphatic heterocycles. The van der Waals surface area contributed by atoms with Crippen LogP contribution in [0.25, 0.3) is 0 Å². The quantitative estimate of drug-likeness (QED) is 0.349. The Balaban J connectivity index is 1.30. The first-order chi connectivity index (χ1) is 20.5. The van der Waals surface area contributed by atoms with Gasteiger partial charge in [0.2, 0.25) is 0 Å². The number of carbonyl (C=O) groups excluding carboxylic acids is 1. The van der Waals surface area contributed by atoms with Gasteiger partial charge in [-0.15, -0.1) is 10.2 Å². The molecule has 1 aromatic heterocycles. The highest BCUT2D eigenvalue weighted by Gasteiger charge is 2.45. The minimum absolute atomic E-state index is 0.0441. The Morgan fingerprint density at radius 3 is 2.49 bits per heavy atom. The van der Waals surface area contributed by atoms with E-state index in [1.807, 2.05) is 17.7 Å². The molecule has 0 bridgehead atoms. The van der Waals surface area contributed by atoms with Gasteiger partial charge in [-0.25, -0.2) is 0 Å². The van der Waals surface area contributed by atoms with E-state index in [-0.39, 0.29) is 23.1 Å². The molecular formula is C33H38F3N5O2. The van der Waals surface area contributed by atoms with Crippen LogP contribution in [-0.2, 0) is 38.1 Å². The number of hydrogen-bond acceptors (Lipinski definition) is 5. The summed E-state index contributed by atoms with van der Waals surface area (Å²) >= 11 is 0. The molecule has 0 radical (unpaired) electrons. The smallest absolute Gasteiger partial charge is 0.416 e. The first kappa shape index (κ1) is 28.4. The Bertz CT molecular complexity index is 1570. The minimum atomic E-state index is -4.57. The molecule has 1 aliphatic carbocycles. The number of halogens is 3. The molecule has 2 atom stereocenters. The summed E-state index contributed by atoms with van der Waals surface area (Å²) in [5.74, 6) is 2.03. The lowest BCUT2D eigenvalue weighted by Crippen LogP contribution is -2.38. The van der Waals surface area contributed by atoms with E-state index in [0.29, 0.717) is 48.4 Å². The van der Waals surface area contributed by atoms with E-state index in [1.54, 1.807) is 12.4 Å². The molecule has 43 heavy (non-hydrogen) atoms. The van der Waals surface area contributed by atoms with Crippen molar-refractivity contribution in [2.45, 2.75) is 77.1 Å². The molecule has 0 spiro atoms. The van der Waals surface area contributed by atoms with Crippen molar-refractivity contribution < 1.29 is 22.7 Å². The van der Waals surface area contributed by atoms with Gasteiger partial charge >= 0.3 is 6.18 Å². The van der Waals surface area contributed by atoms with Gasteiger partial charge in [0.25, 0.3) is 5.91 Å². The van der Waals surface area contributed by atoms with Crippen molar-refractivity contribution in [3.63, 3.8) is 0 Å². The number of fused-ring (bicyclic) bond motifs is 2. The number of ether oxygens (including phenoxy) is 1. The van der Waals surface area contributed by atoms with Crippen molar-refractivity contribution in [3.05, 3.63) is 69.8 Å². The molecule has 7 nitrogen and oxygen atoms in total. The first-order valence-electron chi connectivity index (χ1n) is 15.5. The summed E-state index contributed by atoms with van der Waals surface area (Å²) in [5, 5.41) is 8.65. The molecule has 4 heterocycles. The van der Waals surface area contributed by atoms with Crippen LogP contribution >= 0.6 is 0 Å². The Morgan fingerprint density at radius 2 is 1.81 bits per heavy atom. The molecule has 10 heteroatoms. The lowest BCUT2D eigenvalue weighted by Gasteiger charge is -2.35. The first-order valence-corrected chi connectivity index (χ1v) is 15.5. The molecule has 1 saturated heterocycles. The van der Waals surface area contributed by atoms with Crippen LogP contribution in [0.15, 0.2) is 30.6 Å². The van der Waals surface area contributed by atoms with Gasteiger partial charge in [0.1, 0.15) is 17.9 Å². The van der Waals surface area contributed by atoms with Crippen LogP contribution in [0.1, 0.15) is 90.0 Å². The van der Waals surface area contributed by atoms with Gasteiger partial charge in [-0.2, -0.15) is 13.2 Å². The Hall–Kier alpha value is -3.40. The highest BCUT2D eigenvalue weighted by atomic mass is 19.4. The lowest BCUT2D eigenvalue weighted by molar-refractivity contribution is -0.138. The number of rotatable bonds is 5. The summed E-state index contributed by atoms with van der Waals surface area (Å²) in [5.41, 5.74) is 2.18. The molecule has 7 rings (SSSR count). The number of aryl methyl sites for hydroxylation is 1. The van der Waals surface area contributed by atoms with E-state index in [0.717, 1.165) is 62.1 Å². The number of amides is 1. The van der Waals surface area contributed by atoms with Crippen LogP contribution in [0.4, 0.5) is 18.9 Å². The van der Waals surface area contributed by atoms with Gasteiger partial charge in [-0.05, 0) is 71.6 Å². The van der Waals surface area contributed by atoms with Gasteiger partial charge in [0.05, 0.1) is 29.8 Å². The van der Waals surface area contributed by atoms with Gasteiger partial charge < -0.3 is 14.2 Å². The zero-order chi connectivity index (χ0) is 30.1. The van der Waals surface area contributed by atoms with E-state index in [4.69, 9.17) is 4.74 Å². The van der Waals surface area contributed by atoms with Gasteiger partial charge in [-0.3, -0.25) is 9.69 Å². The number of benzene rings is 2. The molecule has 2 aromatic carbocycles. The van der Waals surface area contributed by atoms with Crippen molar-refractivity contribution in [2.75, 3.05) is 24.6 Å². The van der Waals surface area contributed by atoms with Crippen molar-refractivity contribution in [3.8, 4) is 5.75 Å². The summed E-state index contributed by atoms with van der Waals surface area (Å²) in [6.07, 6.45) is 2.79. The highest BCUT2D eigenvalue weighted by Crippen LogP contribution is 2.50. The molecule has 1 saturated carbocycles. The summed E-state index contributed by atoms with van der Waals surface area (Å²) in [4.78, 5) is 17.8. The lowest BCUT2D eigenvalue weighted by atomic mass is 9.77. The molecular weight excluding hydrogens is 555 g/mol. The average Bonchev–Trinajstić information content (AvgIpc) is 3.74. The predicted octanol–water partition coefficient (Wildman–Crippen LogP) is 6.27. The fraction of sp³-hybridized carbons (Fsp3) is 0.545. The van der Waals surface area contributed by atoms with Gasteiger partial charge in [0, 0.05) is 38.7 Å². The topological polar surface area (TPSA) is 63.5 Å². The summed E-state index contributed by atoms with van der Waals surface area (Å²) in [6.45, 7) is 6.77. The average molecular weight is 594 g/mol. The summed E-state index contributed by atoms with van der Waals surface area (Å²) in [7, 11) is 1.94. The number of aromatic nitrogens is 3. The van der Waals surface area contributed by atoms with Gasteiger partial charge in [0.15, 0.2) is 0 Å². The normalized spacial score (nSPS) is 23.5. The van der Waals surface area contributed by atoms with E-state index in [2.05, 4.69) is 35.0 Å². The van der Waals surface area contributed by atoms with E-state index in [9.17, 15) is 18.0 Å². The zero-order valence-electron chi connectivity index (χ0n) is 25.0. The SMILES string of the molecule is C[C@@H]1C[C@H](C)CN(Cc2cc3c(c(C(F)(F)F)c2)CN(c2cc(C4(c5nncn5C)CCCC4)cc4c2OCC4)C3=O)C1. The standard InChI is InChI=1S/C33H38F3N5O2/c1-20-10-21(2)16-40(15-20)17-22-11-25-26(27(12-22)33(34,35)36)18-41(30(25)42)28-14-24(13-23-6-9-43-29(23)28)32(7-4-5-8-32)31-38-37-19-39(31)3/h11-14,19-21H,4-10,15-18H2,1-3H3/t20-,21+. The van der Waals surface area contributed by atoms with Crippen molar-refractivity contribution in [2.24, 2.45) is 18.9 Å². The van der Waals surface area contributed by atoms with Crippen molar-refractivity contribution in [1.29, 1.82) is 0 Å². The number of anilines is 1.